The molecule has 104 valence electrons. The number of benzene rings is 1. The molecule has 7 nitrogen and oxygen atoms in total. The topological polar surface area (TPSA) is 94.3 Å². The molecule has 1 aliphatic heterocycles. The second kappa shape index (κ2) is 4.46. The van der Waals surface area contributed by atoms with E-state index in [1.807, 2.05) is 0 Å². The third-order valence-corrected chi connectivity index (χ3v) is 2.46. The summed E-state index contributed by atoms with van der Waals surface area (Å²) in [6.45, 7) is 0. The summed E-state index contributed by atoms with van der Waals surface area (Å²) >= 11 is 0. The van der Waals surface area contributed by atoms with E-state index >= 15 is 0 Å². The predicted molar refractivity (Wildman–Crippen MR) is 65.8 cm³/mol. The molecule has 1 aromatic heterocycles. The molecular formula is C11H9F2N5O2. The average Bonchev–Trinajstić information content (AvgIpc) is 2.72. The summed E-state index contributed by atoms with van der Waals surface area (Å²) in [6, 6.07) is 5.91. The highest BCUT2D eigenvalue weighted by molar-refractivity contribution is 5.62. The number of ether oxygens (including phenoxy) is 2. The van der Waals surface area contributed by atoms with Crippen LogP contribution in [-0.2, 0) is 0 Å². The molecule has 20 heavy (non-hydrogen) atoms. The Kier molecular flexibility index (Phi) is 2.75. The van der Waals surface area contributed by atoms with E-state index in [1.165, 1.54) is 18.3 Å². The summed E-state index contributed by atoms with van der Waals surface area (Å²) in [7, 11) is 0. The molecule has 1 aromatic carbocycles. The van der Waals surface area contributed by atoms with Crippen molar-refractivity contribution >= 4 is 17.5 Å². The number of nitrogen functional groups attached to an aromatic ring is 1. The Hall–Kier alpha value is -2.68. The average molecular weight is 281 g/mol. The Morgan fingerprint density at radius 3 is 2.75 bits per heavy atom. The van der Waals surface area contributed by atoms with Crippen LogP contribution in [0.2, 0.25) is 0 Å². The normalized spacial score (nSPS) is 14.9. The van der Waals surface area contributed by atoms with Crippen molar-refractivity contribution in [3.05, 3.63) is 30.5 Å². The van der Waals surface area contributed by atoms with Crippen LogP contribution < -0.4 is 26.1 Å². The summed E-state index contributed by atoms with van der Waals surface area (Å²) in [4.78, 5) is 7.88. The molecule has 9 heteroatoms. The number of nitrogens with one attached hydrogen (secondary N) is 2. The van der Waals surface area contributed by atoms with Gasteiger partial charge in [-0.25, -0.2) is 10.8 Å². The van der Waals surface area contributed by atoms with Crippen molar-refractivity contribution in [2.24, 2.45) is 5.84 Å². The highest BCUT2D eigenvalue weighted by Gasteiger charge is 2.43. The van der Waals surface area contributed by atoms with Gasteiger partial charge in [0.15, 0.2) is 11.5 Å². The van der Waals surface area contributed by atoms with Crippen LogP contribution in [0.4, 0.5) is 26.2 Å². The van der Waals surface area contributed by atoms with Crippen molar-refractivity contribution < 1.29 is 18.3 Å². The number of fused-ring (bicyclic) bond motifs is 1. The molecule has 0 fully saturated rings. The lowest BCUT2D eigenvalue weighted by Crippen LogP contribution is -2.25. The molecule has 0 saturated carbocycles. The lowest BCUT2D eigenvalue weighted by Gasteiger charge is -2.07. The summed E-state index contributed by atoms with van der Waals surface area (Å²) in [5.74, 6) is 5.79. The van der Waals surface area contributed by atoms with Gasteiger partial charge in [-0.05, 0) is 18.2 Å². The smallest absolute Gasteiger partial charge is 0.395 e. The van der Waals surface area contributed by atoms with Crippen LogP contribution in [0, 0.1) is 0 Å². The first-order chi connectivity index (χ1) is 9.55. The SMILES string of the molecule is NNc1nccc(Nc2ccc3c(c2)OC(F)(F)O3)n1. The van der Waals surface area contributed by atoms with Crippen LogP contribution in [0.3, 0.4) is 0 Å². The van der Waals surface area contributed by atoms with Crippen LogP contribution in [0.1, 0.15) is 0 Å². The molecule has 3 rings (SSSR count). The quantitative estimate of drug-likeness (QED) is 0.583. The van der Waals surface area contributed by atoms with Crippen LogP contribution in [0.15, 0.2) is 30.5 Å². The minimum Gasteiger partial charge on any atom is -0.395 e. The summed E-state index contributed by atoms with van der Waals surface area (Å²) in [5.41, 5.74) is 2.81. The highest BCUT2D eigenvalue weighted by Crippen LogP contribution is 2.42. The molecule has 0 amide bonds. The number of rotatable bonds is 3. The van der Waals surface area contributed by atoms with Crippen molar-refractivity contribution in [1.29, 1.82) is 0 Å². The van der Waals surface area contributed by atoms with E-state index in [2.05, 4.69) is 30.2 Å². The van der Waals surface area contributed by atoms with Crippen molar-refractivity contribution in [2.75, 3.05) is 10.7 Å². The van der Waals surface area contributed by atoms with E-state index in [0.717, 1.165) is 0 Å². The molecular weight excluding hydrogens is 272 g/mol. The van der Waals surface area contributed by atoms with Gasteiger partial charge in [0, 0.05) is 18.0 Å². The zero-order valence-electron chi connectivity index (χ0n) is 9.93. The molecule has 0 aliphatic carbocycles. The summed E-state index contributed by atoms with van der Waals surface area (Å²) < 4.78 is 34.4. The number of nitrogens with zero attached hydrogens (tertiary/aromatic N) is 2. The minimum atomic E-state index is -3.63. The van der Waals surface area contributed by atoms with E-state index in [4.69, 9.17) is 5.84 Å². The highest BCUT2D eigenvalue weighted by atomic mass is 19.3. The molecule has 0 atom stereocenters. The first-order valence-electron chi connectivity index (χ1n) is 5.52. The van der Waals surface area contributed by atoms with Crippen LogP contribution in [0.25, 0.3) is 0 Å². The number of anilines is 3. The zero-order valence-corrected chi connectivity index (χ0v) is 9.93. The molecule has 4 N–H and O–H groups in total. The van der Waals surface area contributed by atoms with Crippen molar-refractivity contribution in [3.8, 4) is 11.5 Å². The molecule has 0 saturated heterocycles. The third kappa shape index (κ3) is 2.38. The minimum absolute atomic E-state index is 0.0208. The van der Waals surface area contributed by atoms with Gasteiger partial charge < -0.3 is 14.8 Å². The number of nitrogens with two attached hydrogens (primary N) is 1. The van der Waals surface area contributed by atoms with Gasteiger partial charge in [0.25, 0.3) is 0 Å². The van der Waals surface area contributed by atoms with Crippen LogP contribution >= 0.6 is 0 Å². The van der Waals surface area contributed by atoms with E-state index in [0.29, 0.717) is 11.5 Å². The fourth-order valence-electron chi connectivity index (χ4n) is 1.67. The molecule has 0 bridgehead atoms. The molecule has 0 radical (unpaired) electrons. The maximum absolute atomic E-state index is 12.9. The Morgan fingerprint density at radius 1 is 1.15 bits per heavy atom. The Morgan fingerprint density at radius 2 is 1.95 bits per heavy atom. The Bertz CT molecular complexity index is 652. The molecule has 1 aliphatic rings. The number of hydrogen-bond donors (Lipinski definition) is 3. The lowest BCUT2D eigenvalue weighted by atomic mass is 10.3. The lowest BCUT2D eigenvalue weighted by molar-refractivity contribution is -0.286. The van der Waals surface area contributed by atoms with Gasteiger partial charge in [-0.2, -0.15) is 4.98 Å². The van der Waals surface area contributed by atoms with E-state index < -0.39 is 6.29 Å². The second-order valence-corrected chi connectivity index (χ2v) is 3.86. The number of aromatic nitrogens is 2. The summed E-state index contributed by atoms with van der Waals surface area (Å²) in [5, 5.41) is 2.91. The molecule has 0 spiro atoms. The maximum Gasteiger partial charge on any atom is 0.586 e. The van der Waals surface area contributed by atoms with E-state index in [1.54, 1.807) is 12.1 Å². The second-order valence-electron chi connectivity index (χ2n) is 3.86. The van der Waals surface area contributed by atoms with Gasteiger partial charge in [0.1, 0.15) is 5.82 Å². The van der Waals surface area contributed by atoms with Gasteiger partial charge in [0.05, 0.1) is 0 Å². The van der Waals surface area contributed by atoms with E-state index in [9.17, 15) is 8.78 Å². The molecule has 2 aromatic rings. The van der Waals surface area contributed by atoms with Crippen molar-refractivity contribution in [3.63, 3.8) is 0 Å². The molecule has 0 unspecified atom stereocenters. The largest absolute Gasteiger partial charge is 0.586 e. The standard InChI is InChI=1S/C11H9F2N5O2/c12-11(13)19-7-2-1-6(5-8(7)20-11)16-9-3-4-15-10(17-9)18-14/h1-5H,14H2,(H2,15,16,17,18). The summed E-state index contributed by atoms with van der Waals surface area (Å²) in [6.07, 6.45) is -2.14. The Balaban J connectivity index is 1.82. The monoisotopic (exact) mass is 281 g/mol. The first-order valence-corrected chi connectivity index (χ1v) is 5.52. The molecule has 2 heterocycles. The van der Waals surface area contributed by atoms with Gasteiger partial charge in [-0.15, -0.1) is 8.78 Å². The third-order valence-electron chi connectivity index (χ3n) is 2.46. The Labute approximate surface area is 111 Å². The number of hydrogen-bond acceptors (Lipinski definition) is 7. The predicted octanol–water partition coefficient (Wildman–Crippen LogP) is 1.83. The fourth-order valence-corrected chi connectivity index (χ4v) is 1.67. The fraction of sp³-hybridized carbons (Fsp3) is 0.0909. The number of halogens is 2. The van der Waals surface area contributed by atoms with Crippen LogP contribution in [-0.4, -0.2) is 16.3 Å². The first kappa shape index (κ1) is 12.4. The van der Waals surface area contributed by atoms with Crippen molar-refractivity contribution in [2.45, 2.75) is 6.29 Å². The van der Waals surface area contributed by atoms with Gasteiger partial charge in [-0.1, -0.05) is 0 Å². The van der Waals surface area contributed by atoms with Gasteiger partial charge >= 0.3 is 6.29 Å². The van der Waals surface area contributed by atoms with Crippen molar-refractivity contribution in [1.82, 2.24) is 9.97 Å². The van der Waals surface area contributed by atoms with Gasteiger partial charge in [-0.3, -0.25) is 5.43 Å². The number of hydrazine groups is 1. The number of alkyl halides is 2. The zero-order chi connectivity index (χ0) is 14.2. The maximum atomic E-state index is 12.9. The van der Waals surface area contributed by atoms with Crippen LogP contribution in [0.5, 0.6) is 11.5 Å². The van der Waals surface area contributed by atoms with Gasteiger partial charge in [0.2, 0.25) is 5.95 Å². The van der Waals surface area contributed by atoms with E-state index in [-0.39, 0.29) is 17.4 Å².